The summed E-state index contributed by atoms with van der Waals surface area (Å²) in [6.45, 7) is 1.05. The first kappa shape index (κ1) is 20.4. The number of hydrogen-bond acceptors (Lipinski definition) is 4. The number of nitrogens with two attached hydrogens (primary N) is 1. The molecule has 1 unspecified atom stereocenters. The van der Waals surface area contributed by atoms with Crippen LogP contribution in [-0.4, -0.2) is 26.4 Å². The van der Waals surface area contributed by atoms with Gasteiger partial charge < -0.3 is 20.5 Å². The lowest BCUT2D eigenvalue weighted by atomic mass is 9.75. The minimum absolute atomic E-state index is 0.130. The molecule has 0 saturated carbocycles. The van der Waals surface area contributed by atoms with Crippen LogP contribution in [0, 0.1) is 6.92 Å². The summed E-state index contributed by atoms with van der Waals surface area (Å²) in [5, 5.41) is 3.12. The van der Waals surface area contributed by atoms with E-state index >= 15 is 0 Å². The van der Waals surface area contributed by atoms with E-state index in [0.717, 1.165) is 22.4 Å². The molecule has 1 aliphatic rings. The molecule has 0 saturated heterocycles. The molecule has 0 amide bonds. The van der Waals surface area contributed by atoms with Crippen molar-refractivity contribution in [1.29, 1.82) is 0 Å². The SMILES string of the molecule is COc1ccc(C2(c3cc(Br)cc(OCC(F)(F)F)c3)C=C(N)NC2)cc1C. The second kappa shape index (κ2) is 7.58. The molecule has 3 N–H and O–H groups in total. The smallest absolute Gasteiger partial charge is 0.422 e. The van der Waals surface area contributed by atoms with Crippen LogP contribution in [0.1, 0.15) is 16.7 Å². The lowest BCUT2D eigenvalue weighted by molar-refractivity contribution is -0.153. The highest BCUT2D eigenvalue weighted by Crippen LogP contribution is 2.41. The molecule has 0 aliphatic carbocycles. The van der Waals surface area contributed by atoms with Crippen LogP contribution in [-0.2, 0) is 5.41 Å². The zero-order valence-electron chi connectivity index (χ0n) is 15.4. The minimum atomic E-state index is -4.41. The molecule has 0 aromatic heterocycles. The Morgan fingerprint density at radius 1 is 1.18 bits per heavy atom. The maximum Gasteiger partial charge on any atom is 0.422 e. The quantitative estimate of drug-likeness (QED) is 0.699. The van der Waals surface area contributed by atoms with Crippen LogP contribution in [0.4, 0.5) is 13.2 Å². The normalized spacial score (nSPS) is 19.1. The molecule has 0 spiro atoms. The summed E-state index contributed by atoms with van der Waals surface area (Å²) in [6, 6.07) is 10.8. The lowest BCUT2D eigenvalue weighted by Gasteiger charge is -2.29. The highest BCUT2D eigenvalue weighted by atomic mass is 79.9. The van der Waals surface area contributed by atoms with E-state index in [2.05, 4.69) is 21.2 Å². The molecule has 1 atom stereocenters. The molecule has 0 bridgehead atoms. The third-order valence-corrected chi connectivity index (χ3v) is 5.13. The summed E-state index contributed by atoms with van der Waals surface area (Å²) in [7, 11) is 1.60. The molecule has 8 heteroatoms. The third kappa shape index (κ3) is 4.22. The van der Waals surface area contributed by atoms with Gasteiger partial charge in [-0.2, -0.15) is 13.2 Å². The zero-order chi connectivity index (χ0) is 20.5. The fourth-order valence-electron chi connectivity index (χ4n) is 3.37. The summed E-state index contributed by atoms with van der Waals surface area (Å²) in [6.07, 6.45) is -2.53. The number of benzene rings is 2. The van der Waals surface area contributed by atoms with Crippen molar-refractivity contribution >= 4 is 15.9 Å². The average Bonchev–Trinajstić information content (AvgIpc) is 3.02. The van der Waals surface area contributed by atoms with Crippen LogP contribution in [0.2, 0.25) is 0 Å². The van der Waals surface area contributed by atoms with Crippen molar-refractivity contribution in [2.24, 2.45) is 5.73 Å². The molecule has 4 nitrogen and oxygen atoms in total. The first-order chi connectivity index (χ1) is 13.1. The van der Waals surface area contributed by atoms with E-state index in [4.69, 9.17) is 15.2 Å². The van der Waals surface area contributed by atoms with Gasteiger partial charge in [0.1, 0.15) is 11.5 Å². The van der Waals surface area contributed by atoms with Crippen molar-refractivity contribution in [3.05, 3.63) is 69.5 Å². The Labute approximate surface area is 169 Å². The Bertz CT molecular complexity index is 915. The molecular formula is C20H20BrF3N2O2. The first-order valence-electron chi connectivity index (χ1n) is 8.51. The van der Waals surface area contributed by atoms with Crippen molar-refractivity contribution in [1.82, 2.24) is 5.32 Å². The number of aryl methyl sites for hydroxylation is 1. The molecule has 0 fully saturated rings. The number of nitrogens with one attached hydrogen (secondary N) is 1. The zero-order valence-corrected chi connectivity index (χ0v) is 16.9. The van der Waals surface area contributed by atoms with Crippen molar-refractivity contribution in [2.75, 3.05) is 20.3 Å². The van der Waals surface area contributed by atoms with Gasteiger partial charge in [0.2, 0.25) is 0 Å². The Balaban J connectivity index is 2.08. The molecule has 3 rings (SSSR count). The molecule has 28 heavy (non-hydrogen) atoms. The summed E-state index contributed by atoms with van der Waals surface area (Å²) < 4.78 is 48.6. The third-order valence-electron chi connectivity index (χ3n) is 4.67. The van der Waals surface area contributed by atoms with E-state index in [9.17, 15) is 13.2 Å². The van der Waals surface area contributed by atoms with E-state index in [0.29, 0.717) is 16.8 Å². The molecular weight excluding hydrogens is 437 g/mol. The number of ether oxygens (including phenoxy) is 2. The Morgan fingerprint density at radius 3 is 2.50 bits per heavy atom. The van der Waals surface area contributed by atoms with Gasteiger partial charge >= 0.3 is 6.18 Å². The maximum absolute atomic E-state index is 12.6. The maximum atomic E-state index is 12.6. The van der Waals surface area contributed by atoms with Crippen LogP contribution < -0.4 is 20.5 Å². The lowest BCUT2D eigenvalue weighted by Crippen LogP contribution is -2.31. The number of hydrogen-bond donors (Lipinski definition) is 2. The fraction of sp³-hybridized carbons (Fsp3) is 0.300. The topological polar surface area (TPSA) is 56.5 Å². The monoisotopic (exact) mass is 456 g/mol. The van der Waals surface area contributed by atoms with Crippen LogP contribution in [0.3, 0.4) is 0 Å². The van der Waals surface area contributed by atoms with Gasteiger partial charge in [-0.3, -0.25) is 0 Å². The molecule has 150 valence electrons. The number of halogens is 4. The molecule has 1 heterocycles. The second-order valence-electron chi connectivity index (χ2n) is 6.69. The van der Waals surface area contributed by atoms with Gasteiger partial charge in [0.05, 0.1) is 18.3 Å². The van der Waals surface area contributed by atoms with Gasteiger partial charge in [-0.1, -0.05) is 28.1 Å². The van der Waals surface area contributed by atoms with Gasteiger partial charge in [-0.25, -0.2) is 0 Å². The van der Waals surface area contributed by atoms with Crippen molar-refractivity contribution < 1.29 is 22.6 Å². The Hall–Kier alpha value is -2.35. The van der Waals surface area contributed by atoms with E-state index in [1.807, 2.05) is 37.3 Å². The highest BCUT2D eigenvalue weighted by Gasteiger charge is 2.37. The molecule has 1 aliphatic heterocycles. The largest absolute Gasteiger partial charge is 0.496 e. The van der Waals surface area contributed by atoms with Gasteiger partial charge in [0.25, 0.3) is 0 Å². The minimum Gasteiger partial charge on any atom is -0.496 e. The molecule has 2 aromatic carbocycles. The van der Waals surface area contributed by atoms with Gasteiger partial charge in [0.15, 0.2) is 6.61 Å². The van der Waals surface area contributed by atoms with E-state index in [1.54, 1.807) is 13.2 Å². The van der Waals surface area contributed by atoms with E-state index < -0.39 is 18.2 Å². The van der Waals surface area contributed by atoms with E-state index in [-0.39, 0.29) is 5.75 Å². The summed E-state index contributed by atoms with van der Waals surface area (Å²) in [5.41, 5.74) is 8.00. The first-order valence-corrected chi connectivity index (χ1v) is 9.30. The number of methoxy groups -OCH3 is 1. The van der Waals surface area contributed by atoms with Crippen molar-refractivity contribution in [3.63, 3.8) is 0 Å². The van der Waals surface area contributed by atoms with Gasteiger partial charge in [-0.15, -0.1) is 0 Å². The summed E-state index contributed by atoms with van der Waals surface area (Å²) >= 11 is 3.38. The standard InChI is InChI=1S/C20H20BrF3N2O2/c1-12-5-13(3-4-17(12)27-2)19(9-18(25)26-10-19)14-6-15(21)8-16(7-14)28-11-20(22,23)24/h3-9,26H,10-11,25H2,1-2H3. The summed E-state index contributed by atoms with van der Waals surface area (Å²) in [5.74, 6) is 1.39. The Kier molecular flexibility index (Phi) is 5.52. The van der Waals surface area contributed by atoms with Crippen LogP contribution in [0.15, 0.2) is 52.8 Å². The predicted molar refractivity (Wildman–Crippen MR) is 104 cm³/mol. The number of rotatable bonds is 5. The van der Waals surface area contributed by atoms with Crippen molar-refractivity contribution in [3.8, 4) is 11.5 Å². The van der Waals surface area contributed by atoms with Gasteiger partial charge in [0, 0.05) is 11.0 Å². The molecule has 2 aromatic rings. The second-order valence-corrected chi connectivity index (χ2v) is 7.60. The van der Waals surface area contributed by atoms with Crippen LogP contribution in [0.25, 0.3) is 0 Å². The van der Waals surface area contributed by atoms with E-state index in [1.165, 1.54) is 6.07 Å². The highest BCUT2D eigenvalue weighted by molar-refractivity contribution is 9.10. The Morgan fingerprint density at radius 2 is 1.93 bits per heavy atom. The van der Waals surface area contributed by atoms with Crippen LogP contribution >= 0.6 is 15.9 Å². The van der Waals surface area contributed by atoms with Crippen LogP contribution in [0.5, 0.6) is 11.5 Å². The summed E-state index contributed by atoms with van der Waals surface area (Å²) in [4.78, 5) is 0. The molecule has 0 radical (unpaired) electrons. The predicted octanol–water partition coefficient (Wildman–Crippen LogP) is 4.40. The van der Waals surface area contributed by atoms with Crippen molar-refractivity contribution in [2.45, 2.75) is 18.5 Å². The fourth-order valence-corrected chi connectivity index (χ4v) is 3.84. The number of alkyl halides is 3. The van der Waals surface area contributed by atoms with Gasteiger partial charge in [-0.05, 0) is 54.0 Å². The average molecular weight is 457 g/mol.